The number of hydrogen-bond donors (Lipinski definition) is 1. The first-order chi connectivity index (χ1) is 11.2. The van der Waals surface area contributed by atoms with Crippen molar-refractivity contribution < 1.29 is 13.3 Å². The molecule has 2 aromatic rings. The van der Waals surface area contributed by atoms with Crippen molar-refractivity contribution in [2.24, 2.45) is 0 Å². The van der Waals surface area contributed by atoms with E-state index in [1.54, 1.807) is 0 Å². The van der Waals surface area contributed by atoms with Crippen LogP contribution >= 0.6 is 0 Å². The molecule has 2 rings (SSSR count). The third kappa shape index (κ3) is 4.23. The monoisotopic (exact) mass is 349 g/mol. The molecular formula is C16H19N3O4S. The Balaban J connectivity index is 2.21. The molecule has 0 spiro atoms. The van der Waals surface area contributed by atoms with Gasteiger partial charge in [-0.3, -0.25) is 10.1 Å². The van der Waals surface area contributed by atoms with Crippen molar-refractivity contribution in [2.75, 3.05) is 30.6 Å². The third-order valence-electron chi connectivity index (χ3n) is 3.53. The van der Waals surface area contributed by atoms with Gasteiger partial charge in [-0.15, -0.1) is 0 Å². The first-order valence-electron chi connectivity index (χ1n) is 7.17. The van der Waals surface area contributed by atoms with Gasteiger partial charge in [-0.05, 0) is 29.8 Å². The van der Waals surface area contributed by atoms with Crippen LogP contribution in [0.4, 0.5) is 17.1 Å². The van der Waals surface area contributed by atoms with Gasteiger partial charge in [0.2, 0.25) is 0 Å². The lowest BCUT2D eigenvalue weighted by molar-refractivity contribution is -0.384. The number of sulfone groups is 1. The van der Waals surface area contributed by atoms with Crippen molar-refractivity contribution in [2.45, 2.75) is 11.4 Å². The van der Waals surface area contributed by atoms with Gasteiger partial charge in [0.05, 0.1) is 9.82 Å². The molecule has 1 N–H and O–H groups in total. The van der Waals surface area contributed by atoms with Gasteiger partial charge in [-0.25, -0.2) is 8.42 Å². The number of nitro groups is 1. The summed E-state index contributed by atoms with van der Waals surface area (Å²) in [7, 11) is 0.396. The minimum atomic E-state index is -3.49. The van der Waals surface area contributed by atoms with Gasteiger partial charge < -0.3 is 10.2 Å². The van der Waals surface area contributed by atoms with E-state index in [0.29, 0.717) is 6.54 Å². The van der Waals surface area contributed by atoms with E-state index in [-0.39, 0.29) is 16.3 Å². The van der Waals surface area contributed by atoms with Crippen LogP contribution in [0, 0.1) is 10.1 Å². The summed E-state index contributed by atoms with van der Waals surface area (Å²) in [5.74, 6) is 0. The summed E-state index contributed by atoms with van der Waals surface area (Å²) in [6, 6.07) is 11.6. The van der Waals surface area contributed by atoms with E-state index in [1.807, 2.05) is 43.3 Å². The molecule has 0 aromatic heterocycles. The lowest BCUT2D eigenvalue weighted by atomic mass is 10.2. The lowest BCUT2D eigenvalue weighted by Crippen LogP contribution is -2.09. The maximum atomic E-state index is 11.5. The van der Waals surface area contributed by atoms with Crippen LogP contribution in [0.25, 0.3) is 0 Å². The molecule has 0 saturated carbocycles. The quantitative estimate of drug-likeness (QED) is 0.637. The van der Waals surface area contributed by atoms with E-state index in [4.69, 9.17) is 0 Å². The first-order valence-corrected chi connectivity index (χ1v) is 9.06. The molecule has 0 atom stereocenters. The Morgan fingerprint density at radius 2 is 1.75 bits per heavy atom. The average molecular weight is 349 g/mol. The summed E-state index contributed by atoms with van der Waals surface area (Å²) in [6.45, 7) is 0.396. The molecule has 0 radical (unpaired) electrons. The second kappa shape index (κ2) is 6.88. The van der Waals surface area contributed by atoms with Crippen molar-refractivity contribution in [1.82, 2.24) is 0 Å². The number of nitrogens with one attached hydrogen (secondary N) is 1. The highest BCUT2D eigenvalue weighted by Gasteiger charge is 2.18. The number of nitrogens with zero attached hydrogens (tertiary/aromatic N) is 2. The molecule has 8 heteroatoms. The molecule has 0 saturated heterocycles. The Labute approximate surface area is 141 Å². The number of anilines is 2. The zero-order valence-electron chi connectivity index (χ0n) is 13.7. The molecule has 0 fully saturated rings. The second-order valence-electron chi connectivity index (χ2n) is 5.62. The summed E-state index contributed by atoms with van der Waals surface area (Å²) in [6.07, 6.45) is 1.02. The molecule has 0 amide bonds. The summed E-state index contributed by atoms with van der Waals surface area (Å²) in [5.41, 5.74) is 2.04. The summed E-state index contributed by atoms with van der Waals surface area (Å²) < 4.78 is 23.1. The van der Waals surface area contributed by atoms with Gasteiger partial charge in [0.15, 0.2) is 9.84 Å². The van der Waals surface area contributed by atoms with Crippen molar-refractivity contribution in [3.8, 4) is 0 Å². The van der Waals surface area contributed by atoms with Crippen LogP contribution in [0.1, 0.15) is 5.56 Å². The second-order valence-corrected chi connectivity index (χ2v) is 7.64. The number of rotatable bonds is 6. The molecule has 0 unspecified atom stereocenters. The van der Waals surface area contributed by atoms with Crippen molar-refractivity contribution >= 4 is 26.9 Å². The van der Waals surface area contributed by atoms with E-state index < -0.39 is 14.8 Å². The van der Waals surface area contributed by atoms with Crippen LogP contribution in [0.5, 0.6) is 0 Å². The standard InChI is InChI=1S/C16H19N3O4S/c1-18(2)13-6-4-12(5-7-13)11-17-15-9-8-14(24(3,22)23)10-16(15)19(20)21/h4-10,17H,11H2,1-3H3. The topological polar surface area (TPSA) is 92.6 Å². The van der Waals surface area contributed by atoms with Crippen molar-refractivity contribution in [3.05, 3.63) is 58.1 Å². The van der Waals surface area contributed by atoms with Gasteiger partial charge in [-0.1, -0.05) is 12.1 Å². The molecule has 0 bridgehead atoms. The van der Waals surface area contributed by atoms with E-state index in [1.165, 1.54) is 12.1 Å². The Kier molecular flexibility index (Phi) is 5.08. The summed E-state index contributed by atoms with van der Waals surface area (Å²) in [4.78, 5) is 12.5. The maximum Gasteiger partial charge on any atom is 0.293 e. The average Bonchev–Trinajstić information content (AvgIpc) is 2.52. The molecule has 128 valence electrons. The Hall–Kier alpha value is -2.61. The Morgan fingerprint density at radius 1 is 1.12 bits per heavy atom. The van der Waals surface area contributed by atoms with Crippen LogP contribution in [0.2, 0.25) is 0 Å². The van der Waals surface area contributed by atoms with E-state index in [9.17, 15) is 18.5 Å². The molecule has 0 aliphatic rings. The van der Waals surface area contributed by atoms with Gasteiger partial charge in [-0.2, -0.15) is 0 Å². The first kappa shape index (κ1) is 17.7. The van der Waals surface area contributed by atoms with Gasteiger partial charge in [0.25, 0.3) is 5.69 Å². The van der Waals surface area contributed by atoms with Crippen LogP contribution in [0.3, 0.4) is 0 Å². The van der Waals surface area contributed by atoms with Gasteiger partial charge in [0, 0.05) is 38.6 Å². The van der Waals surface area contributed by atoms with E-state index in [0.717, 1.165) is 23.6 Å². The minimum Gasteiger partial charge on any atom is -0.378 e. The van der Waals surface area contributed by atoms with Gasteiger partial charge >= 0.3 is 0 Å². The van der Waals surface area contributed by atoms with Gasteiger partial charge in [0.1, 0.15) is 5.69 Å². The zero-order valence-corrected chi connectivity index (χ0v) is 14.5. The fraction of sp³-hybridized carbons (Fsp3) is 0.250. The van der Waals surface area contributed by atoms with Crippen LogP contribution < -0.4 is 10.2 Å². The maximum absolute atomic E-state index is 11.5. The van der Waals surface area contributed by atoms with Crippen LogP contribution in [0.15, 0.2) is 47.4 Å². The molecule has 0 aliphatic carbocycles. The fourth-order valence-electron chi connectivity index (χ4n) is 2.15. The minimum absolute atomic E-state index is 0.0740. The molecule has 2 aromatic carbocycles. The molecular weight excluding hydrogens is 330 g/mol. The molecule has 0 aliphatic heterocycles. The number of nitro benzene ring substituents is 1. The zero-order chi connectivity index (χ0) is 17.9. The number of hydrogen-bond acceptors (Lipinski definition) is 6. The number of benzene rings is 2. The largest absolute Gasteiger partial charge is 0.378 e. The summed E-state index contributed by atoms with van der Waals surface area (Å²) in [5, 5.41) is 14.2. The molecule has 24 heavy (non-hydrogen) atoms. The Bertz CT molecular complexity index is 846. The SMILES string of the molecule is CN(C)c1ccc(CNc2ccc(S(C)(=O)=O)cc2[N+](=O)[O-])cc1. The predicted octanol–water partition coefficient (Wildman–Crippen LogP) is 2.68. The van der Waals surface area contributed by atoms with E-state index >= 15 is 0 Å². The van der Waals surface area contributed by atoms with Crippen LogP contribution in [-0.2, 0) is 16.4 Å². The third-order valence-corrected chi connectivity index (χ3v) is 4.64. The highest BCUT2D eigenvalue weighted by atomic mass is 32.2. The highest BCUT2D eigenvalue weighted by molar-refractivity contribution is 7.90. The Morgan fingerprint density at radius 3 is 2.25 bits per heavy atom. The van der Waals surface area contributed by atoms with Crippen LogP contribution in [-0.4, -0.2) is 33.7 Å². The normalized spacial score (nSPS) is 11.1. The predicted molar refractivity (Wildman–Crippen MR) is 94.3 cm³/mol. The van der Waals surface area contributed by atoms with Crippen molar-refractivity contribution in [3.63, 3.8) is 0 Å². The molecule has 0 heterocycles. The highest BCUT2D eigenvalue weighted by Crippen LogP contribution is 2.28. The lowest BCUT2D eigenvalue weighted by Gasteiger charge is -2.13. The fourth-order valence-corrected chi connectivity index (χ4v) is 2.79. The summed E-state index contributed by atoms with van der Waals surface area (Å²) >= 11 is 0. The smallest absolute Gasteiger partial charge is 0.293 e. The van der Waals surface area contributed by atoms with E-state index in [2.05, 4.69) is 5.32 Å². The molecule has 7 nitrogen and oxygen atoms in total. The van der Waals surface area contributed by atoms with Crippen molar-refractivity contribution in [1.29, 1.82) is 0 Å².